The number of nitrogens with one attached hydrogen (secondary N) is 1. The Labute approximate surface area is 110 Å². The highest BCUT2D eigenvalue weighted by Gasteiger charge is 2.11. The van der Waals surface area contributed by atoms with Gasteiger partial charge in [0, 0.05) is 5.69 Å². The topological polar surface area (TPSA) is 63.8 Å². The molecule has 0 saturated carbocycles. The number of nitrogens with two attached hydrogens (primary N) is 1. The van der Waals surface area contributed by atoms with E-state index in [2.05, 4.69) is 11.9 Å². The Kier molecular flexibility index (Phi) is 2.63. The predicted molar refractivity (Wildman–Crippen MR) is 77.7 cm³/mol. The summed E-state index contributed by atoms with van der Waals surface area (Å²) >= 11 is 0. The first-order valence-electron chi connectivity index (χ1n) is 6.29. The van der Waals surface area contributed by atoms with Gasteiger partial charge in [0.05, 0.1) is 16.7 Å². The minimum absolute atomic E-state index is 0.137. The average Bonchev–Trinajstić information content (AvgIpc) is 2.73. The van der Waals surface area contributed by atoms with Gasteiger partial charge in [0.25, 0.3) is 0 Å². The lowest BCUT2D eigenvalue weighted by atomic mass is 10.1. The molecule has 0 unspecified atom stereocenters. The molecule has 0 amide bonds. The fourth-order valence-corrected chi connectivity index (χ4v) is 2.40. The lowest BCUT2D eigenvalue weighted by molar-refractivity contribution is 0.979. The molecule has 19 heavy (non-hydrogen) atoms. The maximum Gasteiger partial charge on any atom is 0.331 e. The summed E-state index contributed by atoms with van der Waals surface area (Å²) in [4.78, 5) is 15.0. The minimum Gasteiger partial charge on any atom is -0.399 e. The lowest BCUT2D eigenvalue weighted by Gasteiger charge is -2.08. The molecule has 1 heterocycles. The number of H-pyrrole nitrogens is 1. The maximum absolute atomic E-state index is 12.2. The van der Waals surface area contributed by atoms with Crippen molar-refractivity contribution in [2.45, 2.75) is 13.3 Å². The summed E-state index contributed by atoms with van der Waals surface area (Å²) in [6, 6.07) is 13.4. The SMILES string of the molecule is CCc1ccccc1-n1c(=O)[nH]c2cc(N)ccc21. The monoisotopic (exact) mass is 253 g/mol. The Morgan fingerprint density at radius 3 is 2.79 bits per heavy atom. The molecular formula is C15H15N3O. The first kappa shape index (κ1) is 11.6. The molecule has 0 radical (unpaired) electrons. The molecule has 0 spiro atoms. The number of aryl methyl sites for hydroxylation is 1. The van der Waals surface area contributed by atoms with Crippen molar-refractivity contribution < 1.29 is 0 Å². The van der Waals surface area contributed by atoms with Gasteiger partial charge in [0.1, 0.15) is 0 Å². The zero-order valence-corrected chi connectivity index (χ0v) is 10.7. The molecule has 96 valence electrons. The van der Waals surface area contributed by atoms with Crippen LogP contribution < -0.4 is 11.4 Å². The number of anilines is 1. The number of nitrogen functional groups attached to an aromatic ring is 1. The molecule has 0 saturated heterocycles. The molecule has 4 heteroatoms. The van der Waals surface area contributed by atoms with Gasteiger partial charge in [0.2, 0.25) is 0 Å². The first-order valence-corrected chi connectivity index (χ1v) is 6.29. The Balaban J connectivity index is 2.36. The summed E-state index contributed by atoms with van der Waals surface area (Å²) in [6.07, 6.45) is 0.879. The van der Waals surface area contributed by atoms with Crippen molar-refractivity contribution in [1.29, 1.82) is 0 Å². The Bertz CT molecular complexity index is 799. The second-order valence-electron chi connectivity index (χ2n) is 4.52. The minimum atomic E-state index is -0.137. The van der Waals surface area contributed by atoms with Crippen LogP contribution in [0.15, 0.2) is 47.3 Å². The van der Waals surface area contributed by atoms with Crippen molar-refractivity contribution in [3.8, 4) is 5.69 Å². The van der Waals surface area contributed by atoms with E-state index < -0.39 is 0 Å². The zero-order valence-electron chi connectivity index (χ0n) is 10.7. The van der Waals surface area contributed by atoms with Gasteiger partial charge < -0.3 is 10.7 Å². The van der Waals surface area contributed by atoms with Crippen LogP contribution >= 0.6 is 0 Å². The first-order chi connectivity index (χ1) is 9.20. The van der Waals surface area contributed by atoms with E-state index >= 15 is 0 Å². The highest BCUT2D eigenvalue weighted by atomic mass is 16.1. The third-order valence-electron chi connectivity index (χ3n) is 3.32. The van der Waals surface area contributed by atoms with E-state index in [9.17, 15) is 4.79 Å². The van der Waals surface area contributed by atoms with E-state index in [0.29, 0.717) is 5.69 Å². The highest BCUT2D eigenvalue weighted by molar-refractivity contribution is 5.80. The summed E-state index contributed by atoms with van der Waals surface area (Å²) in [7, 11) is 0. The van der Waals surface area contributed by atoms with Gasteiger partial charge in [-0.3, -0.25) is 4.57 Å². The summed E-state index contributed by atoms with van der Waals surface area (Å²) in [5.74, 6) is 0. The number of aromatic amines is 1. The van der Waals surface area contributed by atoms with Gasteiger partial charge in [-0.2, -0.15) is 0 Å². The van der Waals surface area contributed by atoms with Crippen molar-refractivity contribution in [3.63, 3.8) is 0 Å². The van der Waals surface area contributed by atoms with Gasteiger partial charge in [-0.05, 0) is 36.2 Å². The molecule has 2 aromatic carbocycles. The molecule has 3 aromatic rings. The Hall–Kier alpha value is -2.49. The molecule has 3 rings (SSSR count). The van der Waals surface area contributed by atoms with Crippen molar-refractivity contribution in [2.75, 3.05) is 5.73 Å². The highest BCUT2D eigenvalue weighted by Crippen LogP contribution is 2.20. The molecule has 0 atom stereocenters. The Morgan fingerprint density at radius 2 is 2.00 bits per heavy atom. The number of fused-ring (bicyclic) bond motifs is 1. The molecule has 0 aliphatic rings. The standard InChI is InChI=1S/C15H15N3O/c1-2-10-5-3-4-6-13(10)18-14-8-7-11(16)9-12(14)17-15(18)19/h3-9H,2,16H2,1H3,(H,17,19). The molecule has 0 bridgehead atoms. The largest absolute Gasteiger partial charge is 0.399 e. The maximum atomic E-state index is 12.2. The van der Waals surface area contributed by atoms with E-state index in [1.54, 1.807) is 16.7 Å². The second-order valence-corrected chi connectivity index (χ2v) is 4.52. The quantitative estimate of drug-likeness (QED) is 0.689. The van der Waals surface area contributed by atoms with Crippen LogP contribution in [0.2, 0.25) is 0 Å². The smallest absolute Gasteiger partial charge is 0.331 e. The van der Waals surface area contributed by atoms with Crippen molar-refractivity contribution in [3.05, 3.63) is 58.5 Å². The normalized spacial score (nSPS) is 11.0. The van der Waals surface area contributed by atoms with Crippen LogP contribution in [0.1, 0.15) is 12.5 Å². The van der Waals surface area contributed by atoms with Crippen LogP contribution in [0.4, 0.5) is 5.69 Å². The number of rotatable bonds is 2. The van der Waals surface area contributed by atoms with E-state index in [4.69, 9.17) is 5.73 Å². The summed E-state index contributed by atoms with van der Waals surface area (Å²) in [5.41, 5.74) is 9.92. The van der Waals surface area contributed by atoms with Crippen LogP contribution in [-0.4, -0.2) is 9.55 Å². The summed E-state index contributed by atoms with van der Waals surface area (Å²) < 4.78 is 1.70. The van der Waals surface area contributed by atoms with Gasteiger partial charge in [-0.1, -0.05) is 25.1 Å². The van der Waals surface area contributed by atoms with Crippen LogP contribution in [0.3, 0.4) is 0 Å². The van der Waals surface area contributed by atoms with Crippen LogP contribution in [0, 0.1) is 0 Å². The fourth-order valence-electron chi connectivity index (χ4n) is 2.40. The van der Waals surface area contributed by atoms with Crippen molar-refractivity contribution in [2.24, 2.45) is 0 Å². The lowest BCUT2D eigenvalue weighted by Crippen LogP contribution is -2.15. The fraction of sp³-hybridized carbons (Fsp3) is 0.133. The van der Waals surface area contributed by atoms with Crippen LogP contribution in [0.5, 0.6) is 0 Å². The van der Waals surface area contributed by atoms with Gasteiger partial charge in [-0.15, -0.1) is 0 Å². The van der Waals surface area contributed by atoms with Gasteiger partial charge in [0.15, 0.2) is 0 Å². The number of hydrogen-bond donors (Lipinski definition) is 2. The third kappa shape index (κ3) is 1.81. The number of hydrogen-bond acceptors (Lipinski definition) is 2. The van der Waals surface area contributed by atoms with E-state index in [1.807, 2.05) is 30.3 Å². The molecule has 0 aliphatic carbocycles. The third-order valence-corrected chi connectivity index (χ3v) is 3.32. The predicted octanol–water partition coefficient (Wildman–Crippen LogP) is 2.46. The molecule has 1 aromatic heterocycles. The number of benzene rings is 2. The molecule has 0 aliphatic heterocycles. The average molecular weight is 253 g/mol. The molecule has 4 nitrogen and oxygen atoms in total. The molecule has 0 fully saturated rings. The molecular weight excluding hydrogens is 238 g/mol. The number of nitrogens with zero attached hydrogens (tertiary/aromatic N) is 1. The van der Waals surface area contributed by atoms with Crippen LogP contribution in [0.25, 0.3) is 16.7 Å². The van der Waals surface area contributed by atoms with Crippen molar-refractivity contribution >= 4 is 16.7 Å². The number of imidazole rings is 1. The zero-order chi connectivity index (χ0) is 13.4. The second kappa shape index (κ2) is 4.31. The summed E-state index contributed by atoms with van der Waals surface area (Å²) in [5, 5.41) is 0. The Morgan fingerprint density at radius 1 is 1.21 bits per heavy atom. The van der Waals surface area contributed by atoms with Gasteiger partial charge in [-0.25, -0.2) is 4.79 Å². The summed E-state index contributed by atoms with van der Waals surface area (Å²) in [6.45, 7) is 2.08. The van der Waals surface area contributed by atoms with Crippen LogP contribution in [-0.2, 0) is 6.42 Å². The number of para-hydroxylation sites is 1. The van der Waals surface area contributed by atoms with Gasteiger partial charge >= 0.3 is 5.69 Å². The van der Waals surface area contributed by atoms with Crippen molar-refractivity contribution in [1.82, 2.24) is 9.55 Å². The van der Waals surface area contributed by atoms with E-state index in [0.717, 1.165) is 28.7 Å². The van der Waals surface area contributed by atoms with E-state index in [1.165, 1.54) is 0 Å². The number of aromatic nitrogens is 2. The van der Waals surface area contributed by atoms with E-state index in [-0.39, 0.29) is 5.69 Å². The molecule has 3 N–H and O–H groups in total.